The molecule has 3 rings (SSSR count). The van der Waals surface area contributed by atoms with Crippen LogP contribution in [0.25, 0.3) is 0 Å². The minimum Gasteiger partial charge on any atom is -0.494 e. The molecule has 1 fully saturated rings. The minimum absolute atomic E-state index is 0.0724. The molecule has 1 saturated heterocycles. The maximum Gasteiger partial charge on any atom is 0.262 e. The van der Waals surface area contributed by atoms with E-state index in [0.29, 0.717) is 37.1 Å². The van der Waals surface area contributed by atoms with E-state index in [0.717, 1.165) is 0 Å². The van der Waals surface area contributed by atoms with Crippen molar-refractivity contribution >= 4 is 21.6 Å². The predicted octanol–water partition coefficient (Wildman–Crippen LogP) is 2.91. The van der Waals surface area contributed by atoms with Gasteiger partial charge in [-0.25, -0.2) is 8.42 Å². The molecular formula is C23H30N2O7S. The van der Waals surface area contributed by atoms with Crippen LogP contribution in [0.2, 0.25) is 0 Å². The smallest absolute Gasteiger partial charge is 0.262 e. The molecule has 0 radical (unpaired) electrons. The third kappa shape index (κ3) is 6.83. The third-order valence-electron chi connectivity index (χ3n) is 4.70. The van der Waals surface area contributed by atoms with E-state index in [9.17, 15) is 13.2 Å². The van der Waals surface area contributed by atoms with E-state index in [4.69, 9.17) is 18.9 Å². The molecule has 0 spiro atoms. The molecule has 1 N–H and O–H groups in total. The van der Waals surface area contributed by atoms with Crippen molar-refractivity contribution in [3.05, 3.63) is 42.5 Å². The normalized spacial score (nSPS) is 14.7. The van der Waals surface area contributed by atoms with Crippen LogP contribution >= 0.6 is 0 Å². The molecule has 0 unspecified atom stereocenters. The van der Waals surface area contributed by atoms with Gasteiger partial charge in [-0.3, -0.25) is 4.79 Å². The highest BCUT2D eigenvalue weighted by atomic mass is 32.2. The molecule has 0 bridgehead atoms. The Kier molecular flexibility index (Phi) is 8.54. The molecule has 1 amide bonds. The van der Waals surface area contributed by atoms with Crippen LogP contribution < -0.4 is 19.5 Å². The van der Waals surface area contributed by atoms with Crippen LogP contribution in [0.5, 0.6) is 17.2 Å². The third-order valence-corrected chi connectivity index (χ3v) is 6.59. The fourth-order valence-electron chi connectivity index (χ4n) is 3.19. The Balaban J connectivity index is 1.73. The van der Waals surface area contributed by atoms with Gasteiger partial charge in [-0.2, -0.15) is 4.31 Å². The average Bonchev–Trinajstić information content (AvgIpc) is 2.80. The van der Waals surface area contributed by atoms with Crippen LogP contribution in [-0.4, -0.2) is 64.3 Å². The number of carbonyl (C=O) groups excluding carboxylic acids is 1. The van der Waals surface area contributed by atoms with Gasteiger partial charge in [-0.15, -0.1) is 0 Å². The van der Waals surface area contributed by atoms with Gasteiger partial charge in [-0.1, -0.05) is 0 Å². The van der Waals surface area contributed by atoms with Crippen molar-refractivity contribution in [2.24, 2.45) is 0 Å². The quantitative estimate of drug-likeness (QED) is 0.560. The molecule has 2 aromatic rings. The van der Waals surface area contributed by atoms with Crippen LogP contribution in [0.4, 0.5) is 5.69 Å². The first-order valence-corrected chi connectivity index (χ1v) is 12.3. The summed E-state index contributed by atoms with van der Waals surface area (Å²) in [5, 5.41) is 2.71. The lowest BCUT2D eigenvalue weighted by molar-refractivity contribution is -0.118. The summed E-state index contributed by atoms with van der Waals surface area (Å²) in [5.74, 6) is 1.15. The van der Waals surface area contributed by atoms with Gasteiger partial charge in [0.2, 0.25) is 10.0 Å². The summed E-state index contributed by atoms with van der Waals surface area (Å²) in [6, 6.07) is 11.4. The number of amides is 1. The van der Waals surface area contributed by atoms with E-state index >= 15 is 0 Å². The second-order valence-electron chi connectivity index (χ2n) is 7.58. The first-order valence-electron chi connectivity index (χ1n) is 10.8. The van der Waals surface area contributed by atoms with Crippen molar-refractivity contribution in [2.45, 2.75) is 31.8 Å². The molecule has 0 aromatic heterocycles. The molecule has 10 heteroatoms. The Morgan fingerprint density at radius 1 is 1.06 bits per heavy atom. The number of morpholine rings is 1. The van der Waals surface area contributed by atoms with E-state index in [-0.39, 0.29) is 36.4 Å². The predicted molar refractivity (Wildman–Crippen MR) is 124 cm³/mol. The fourth-order valence-corrected chi connectivity index (χ4v) is 4.63. The lowest BCUT2D eigenvalue weighted by Gasteiger charge is -2.26. The highest BCUT2D eigenvalue weighted by Gasteiger charge is 2.27. The van der Waals surface area contributed by atoms with Crippen molar-refractivity contribution in [3.8, 4) is 17.2 Å². The van der Waals surface area contributed by atoms with E-state index in [1.54, 1.807) is 30.3 Å². The van der Waals surface area contributed by atoms with Gasteiger partial charge in [0.15, 0.2) is 6.61 Å². The molecule has 1 heterocycles. The number of sulfonamides is 1. The minimum atomic E-state index is -3.73. The number of nitrogens with zero attached hydrogens (tertiary/aromatic N) is 1. The summed E-state index contributed by atoms with van der Waals surface area (Å²) in [6.45, 7) is 7.15. The van der Waals surface area contributed by atoms with Crippen LogP contribution in [0.1, 0.15) is 20.8 Å². The lowest BCUT2D eigenvalue weighted by atomic mass is 10.3. The molecule has 0 atom stereocenters. The SMILES string of the molecule is CCOc1ccc(OCC(=O)Nc2cc(S(=O)(=O)N3CCOCC3)ccc2OC(C)C)cc1. The second-order valence-corrected chi connectivity index (χ2v) is 9.52. The van der Waals surface area contributed by atoms with Gasteiger partial charge in [-0.05, 0) is 63.2 Å². The molecule has 1 aliphatic heterocycles. The molecule has 2 aromatic carbocycles. The first-order chi connectivity index (χ1) is 15.8. The summed E-state index contributed by atoms with van der Waals surface area (Å²) in [5.41, 5.74) is 0.262. The zero-order valence-electron chi connectivity index (χ0n) is 19.1. The van der Waals surface area contributed by atoms with Gasteiger partial charge in [0.05, 0.1) is 36.5 Å². The van der Waals surface area contributed by atoms with Crippen molar-refractivity contribution in [3.63, 3.8) is 0 Å². The highest BCUT2D eigenvalue weighted by Crippen LogP contribution is 2.30. The van der Waals surface area contributed by atoms with Crippen molar-refractivity contribution in [1.29, 1.82) is 0 Å². The van der Waals surface area contributed by atoms with Crippen molar-refractivity contribution in [1.82, 2.24) is 4.31 Å². The zero-order valence-corrected chi connectivity index (χ0v) is 19.9. The number of nitrogens with one attached hydrogen (secondary N) is 1. The van der Waals surface area contributed by atoms with Crippen molar-refractivity contribution in [2.75, 3.05) is 44.8 Å². The number of anilines is 1. The summed E-state index contributed by atoms with van der Waals surface area (Å²) < 4.78 is 49.4. The van der Waals surface area contributed by atoms with Crippen molar-refractivity contribution < 1.29 is 32.2 Å². The molecule has 0 aliphatic carbocycles. The van der Waals surface area contributed by atoms with Crippen LogP contribution in [0, 0.1) is 0 Å². The molecule has 33 heavy (non-hydrogen) atoms. The number of hydrogen-bond acceptors (Lipinski definition) is 7. The van der Waals surface area contributed by atoms with Gasteiger partial charge in [0.25, 0.3) is 5.91 Å². The highest BCUT2D eigenvalue weighted by molar-refractivity contribution is 7.89. The largest absolute Gasteiger partial charge is 0.494 e. The summed E-state index contributed by atoms with van der Waals surface area (Å²) >= 11 is 0. The Morgan fingerprint density at radius 3 is 2.30 bits per heavy atom. The number of rotatable bonds is 10. The summed E-state index contributed by atoms with van der Waals surface area (Å²) in [7, 11) is -3.73. The number of carbonyl (C=O) groups is 1. The molecule has 0 saturated carbocycles. The van der Waals surface area contributed by atoms with Gasteiger partial charge in [0.1, 0.15) is 17.2 Å². The van der Waals surface area contributed by atoms with Crippen LogP contribution in [0.15, 0.2) is 47.4 Å². The average molecular weight is 479 g/mol. The fraction of sp³-hybridized carbons (Fsp3) is 0.435. The van der Waals surface area contributed by atoms with E-state index in [2.05, 4.69) is 5.32 Å². The van der Waals surface area contributed by atoms with Crippen LogP contribution in [0.3, 0.4) is 0 Å². The monoisotopic (exact) mass is 478 g/mol. The number of hydrogen-bond donors (Lipinski definition) is 1. The summed E-state index contributed by atoms with van der Waals surface area (Å²) in [6.07, 6.45) is -0.164. The Labute approximate surface area is 194 Å². The molecular weight excluding hydrogens is 448 g/mol. The molecule has 180 valence electrons. The maximum atomic E-state index is 13.0. The van der Waals surface area contributed by atoms with Gasteiger partial charge < -0.3 is 24.3 Å². The van der Waals surface area contributed by atoms with Gasteiger partial charge >= 0.3 is 0 Å². The van der Waals surface area contributed by atoms with Gasteiger partial charge in [0, 0.05) is 13.1 Å². The second kappa shape index (κ2) is 11.4. The number of benzene rings is 2. The maximum absolute atomic E-state index is 13.0. The first kappa shape index (κ1) is 24.8. The Bertz CT molecular complexity index is 1030. The van der Waals surface area contributed by atoms with E-state index in [1.807, 2.05) is 20.8 Å². The zero-order chi connectivity index (χ0) is 23.8. The standard InChI is InChI=1S/C23H30N2O7S/c1-4-30-18-5-7-19(8-6-18)31-16-23(26)24-21-15-20(9-10-22(21)32-17(2)3)33(27,28)25-11-13-29-14-12-25/h5-10,15,17H,4,11-14,16H2,1-3H3,(H,24,26). The van der Waals surface area contributed by atoms with E-state index in [1.165, 1.54) is 16.4 Å². The Morgan fingerprint density at radius 2 is 1.70 bits per heavy atom. The molecule has 1 aliphatic rings. The van der Waals surface area contributed by atoms with Crippen LogP contribution in [-0.2, 0) is 19.6 Å². The lowest BCUT2D eigenvalue weighted by Crippen LogP contribution is -2.40. The number of ether oxygens (including phenoxy) is 4. The van der Waals surface area contributed by atoms with E-state index < -0.39 is 15.9 Å². The topological polar surface area (TPSA) is 103 Å². The Hall–Kier alpha value is -2.82. The molecule has 9 nitrogen and oxygen atoms in total. The summed E-state index contributed by atoms with van der Waals surface area (Å²) in [4.78, 5) is 12.6.